The van der Waals surface area contributed by atoms with E-state index in [9.17, 15) is 9.59 Å². The molecule has 0 aliphatic heterocycles. The van der Waals surface area contributed by atoms with Crippen LogP contribution in [0.15, 0.2) is 42.9 Å². The predicted octanol–water partition coefficient (Wildman–Crippen LogP) is 3.13. The van der Waals surface area contributed by atoms with Gasteiger partial charge in [0, 0.05) is 36.3 Å². The van der Waals surface area contributed by atoms with Crippen LogP contribution in [0.5, 0.6) is 0 Å². The van der Waals surface area contributed by atoms with Crippen LogP contribution >= 0.6 is 11.6 Å². The minimum absolute atomic E-state index is 0.0305. The molecule has 0 spiro atoms. The Balaban J connectivity index is 2.16. The number of primary amides is 1. The lowest BCUT2D eigenvalue weighted by molar-refractivity contribution is -0.116. The fraction of sp³-hybridized carbons (Fsp3) is 0.158. The van der Waals surface area contributed by atoms with E-state index in [1.165, 1.54) is 6.92 Å². The first-order valence-corrected chi connectivity index (χ1v) is 8.33. The number of aromatic nitrogens is 3. The molecule has 0 radical (unpaired) electrons. The van der Waals surface area contributed by atoms with Crippen molar-refractivity contribution < 1.29 is 9.59 Å². The topological polar surface area (TPSA) is 90.9 Å². The fourth-order valence-corrected chi connectivity index (χ4v) is 2.97. The number of carbonyl (C=O) groups excluding carboxylic acids is 2. The van der Waals surface area contributed by atoms with Crippen molar-refractivity contribution in [1.29, 1.82) is 0 Å². The summed E-state index contributed by atoms with van der Waals surface area (Å²) in [6, 6.07) is 6.94. The number of aryl methyl sites for hydroxylation is 1. The van der Waals surface area contributed by atoms with Gasteiger partial charge >= 0.3 is 0 Å². The van der Waals surface area contributed by atoms with Crippen LogP contribution in [0.3, 0.4) is 0 Å². The van der Waals surface area contributed by atoms with E-state index in [2.05, 4.69) is 9.97 Å². The molecule has 3 rings (SSSR count). The molecule has 3 heterocycles. The minimum atomic E-state index is -0.589. The molecule has 1 amide bonds. The molecule has 0 aliphatic rings. The maximum atomic E-state index is 11.9. The minimum Gasteiger partial charge on any atom is -0.364 e. The van der Waals surface area contributed by atoms with E-state index in [4.69, 9.17) is 17.3 Å². The van der Waals surface area contributed by atoms with Crippen LogP contribution in [0.25, 0.3) is 16.9 Å². The molecule has 0 fully saturated rings. The second-order valence-corrected chi connectivity index (χ2v) is 6.43. The van der Waals surface area contributed by atoms with E-state index in [0.29, 0.717) is 16.5 Å². The van der Waals surface area contributed by atoms with Crippen molar-refractivity contribution in [2.45, 2.75) is 20.3 Å². The lowest BCUT2D eigenvalue weighted by atomic mass is 10.0. The molecule has 0 saturated carbocycles. The lowest BCUT2D eigenvalue weighted by Gasteiger charge is -2.07. The third-order valence-electron chi connectivity index (χ3n) is 3.94. The van der Waals surface area contributed by atoms with Gasteiger partial charge in [-0.25, -0.2) is 4.98 Å². The molecule has 26 heavy (non-hydrogen) atoms. The van der Waals surface area contributed by atoms with E-state index in [1.54, 1.807) is 41.4 Å². The summed E-state index contributed by atoms with van der Waals surface area (Å²) < 4.78 is 1.57. The van der Waals surface area contributed by atoms with Gasteiger partial charge in [0.05, 0.1) is 5.02 Å². The molecule has 132 valence electrons. The number of carbonyl (C=O) groups is 2. The SMILES string of the molecule is CC(=O)Cc1cc(-c2cc(C(N)=O)n(-c3ncccc3Cl)c2)c(C)cn1. The summed E-state index contributed by atoms with van der Waals surface area (Å²) in [5.74, 6) is -0.138. The van der Waals surface area contributed by atoms with Gasteiger partial charge in [-0.15, -0.1) is 0 Å². The highest BCUT2D eigenvalue weighted by molar-refractivity contribution is 6.32. The number of nitrogens with zero attached hydrogens (tertiary/aromatic N) is 3. The van der Waals surface area contributed by atoms with Gasteiger partial charge in [0.15, 0.2) is 5.82 Å². The Labute approximate surface area is 155 Å². The van der Waals surface area contributed by atoms with Crippen LogP contribution in [-0.4, -0.2) is 26.2 Å². The highest BCUT2D eigenvalue weighted by atomic mass is 35.5. The largest absolute Gasteiger partial charge is 0.364 e. The molecule has 3 aromatic rings. The van der Waals surface area contributed by atoms with Gasteiger partial charge in [0.1, 0.15) is 11.5 Å². The molecular weight excluding hydrogens is 352 g/mol. The predicted molar refractivity (Wildman–Crippen MR) is 99.4 cm³/mol. The van der Waals surface area contributed by atoms with Crippen molar-refractivity contribution in [1.82, 2.24) is 14.5 Å². The van der Waals surface area contributed by atoms with Gasteiger partial charge in [0.2, 0.25) is 0 Å². The Hall–Kier alpha value is -2.99. The summed E-state index contributed by atoms with van der Waals surface area (Å²) in [5.41, 5.74) is 9.03. The molecule has 3 aromatic heterocycles. The number of pyridine rings is 2. The number of ketones is 1. The third kappa shape index (κ3) is 3.50. The second-order valence-electron chi connectivity index (χ2n) is 6.03. The van der Waals surface area contributed by atoms with Crippen molar-refractivity contribution in [3.05, 3.63) is 64.8 Å². The molecule has 0 atom stereocenters. The summed E-state index contributed by atoms with van der Waals surface area (Å²) in [5, 5.41) is 0.404. The van der Waals surface area contributed by atoms with Crippen molar-refractivity contribution in [3.8, 4) is 16.9 Å². The van der Waals surface area contributed by atoms with Crippen LogP contribution in [0.2, 0.25) is 5.02 Å². The molecule has 2 N–H and O–H groups in total. The molecule has 0 unspecified atom stereocenters. The molecule has 6 nitrogen and oxygen atoms in total. The molecule has 0 bridgehead atoms. The second kappa shape index (κ2) is 7.09. The molecule has 0 aromatic carbocycles. The molecule has 0 aliphatic carbocycles. The first-order chi connectivity index (χ1) is 12.4. The number of Topliss-reactive ketones (excluding diaryl/α,β-unsaturated/α-hetero) is 1. The highest BCUT2D eigenvalue weighted by Crippen LogP contribution is 2.29. The standard InChI is InChI=1S/C19H17ClN4O2/c1-11-9-23-14(6-12(2)25)8-15(11)13-7-17(18(21)26)24(10-13)19-16(20)4-3-5-22-19/h3-5,7-10H,6H2,1-2H3,(H2,21,26). The van der Waals surface area contributed by atoms with E-state index >= 15 is 0 Å². The van der Waals surface area contributed by atoms with E-state index in [0.717, 1.165) is 16.7 Å². The summed E-state index contributed by atoms with van der Waals surface area (Å²) in [6.45, 7) is 3.43. The van der Waals surface area contributed by atoms with Crippen molar-refractivity contribution >= 4 is 23.3 Å². The van der Waals surface area contributed by atoms with Crippen molar-refractivity contribution in [2.24, 2.45) is 5.73 Å². The van der Waals surface area contributed by atoms with Gasteiger partial charge in [-0.2, -0.15) is 0 Å². The Kier molecular flexibility index (Phi) is 4.86. The molecular formula is C19H17ClN4O2. The monoisotopic (exact) mass is 368 g/mol. The third-order valence-corrected chi connectivity index (χ3v) is 4.24. The Bertz CT molecular complexity index is 1010. The fourth-order valence-electron chi connectivity index (χ4n) is 2.76. The van der Waals surface area contributed by atoms with Crippen LogP contribution in [0.1, 0.15) is 28.7 Å². The van der Waals surface area contributed by atoms with Gasteiger partial charge < -0.3 is 5.73 Å². The summed E-state index contributed by atoms with van der Waals surface area (Å²) in [7, 11) is 0. The first-order valence-electron chi connectivity index (χ1n) is 7.95. The maximum absolute atomic E-state index is 11.9. The molecule has 0 saturated heterocycles. The zero-order chi connectivity index (χ0) is 18.8. The maximum Gasteiger partial charge on any atom is 0.265 e. The summed E-state index contributed by atoms with van der Waals surface area (Å²) in [4.78, 5) is 31.8. The van der Waals surface area contributed by atoms with Crippen LogP contribution in [0.4, 0.5) is 0 Å². The number of hydrogen-bond donors (Lipinski definition) is 1. The summed E-state index contributed by atoms with van der Waals surface area (Å²) in [6.07, 6.45) is 5.31. The normalized spacial score (nSPS) is 10.7. The number of amides is 1. The first kappa shape index (κ1) is 17.8. The average Bonchev–Trinajstić information content (AvgIpc) is 3.01. The van der Waals surface area contributed by atoms with Crippen molar-refractivity contribution in [3.63, 3.8) is 0 Å². The quantitative estimate of drug-likeness (QED) is 0.749. The zero-order valence-corrected chi connectivity index (χ0v) is 15.1. The van der Waals surface area contributed by atoms with Crippen LogP contribution in [-0.2, 0) is 11.2 Å². The van der Waals surface area contributed by atoms with Gasteiger partial charge in [-0.1, -0.05) is 11.6 Å². The Morgan fingerprint density at radius 2 is 2.04 bits per heavy atom. The highest BCUT2D eigenvalue weighted by Gasteiger charge is 2.17. The van der Waals surface area contributed by atoms with Crippen LogP contribution in [0, 0.1) is 6.92 Å². The smallest absolute Gasteiger partial charge is 0.265 e. The average molecular weight is 369 g/mol. The van der Waals surface area contributed by atoms with E-state index in [-0.39, 0.29) is 17.9 Å². The van der Waals surface area contributed by atoms with Crippen molar-refractivity contribution in [2.75, 3.05) is 0 Å². The number of hydrogen-bond acceptors (Lipinski definition) is 4. The Morgan fingerprint density at radius 3 is 2.69 bits per heavy atom. The number of halogens is 1. The van der Waals surface area contributed by atoms with Crippen LogP contribution < -0.4 is 5.73 Å². The number of rotatable bonds is 5. The van der Waals surface area contributed by atoms with Gasteiger partial charge in [0.25, 0.3) is 5.91 Å². The number of nitrogens with two attached hydrogens (primary N) is 1. The van der Waals surface area contributed by atoms with E-state index in [1.807, 2.05) is 13.0 Å². The van der Waals surface area contributed by atoms with E-state index < -0.39 is 5.91 Å². The van der Waals surface area contributed by atoms with Gasteiger partial charge in [-0.05, 0) is 49.2 Å². The summed E-state index contributed by atoms with van der Waals surface area (Å²) >= 11 is 6.22. The Morgan fingerprint density at radius 1 is 1.27 bits per heavy atom. The zero-order valence-electron chi connectivity index (χ0n) is 14.4. The van der Waals surface area contributed by atoms with Gasteiger partial charge in [-0.3, -0.25) is 19.1 Å². The molecule has 7 heteroatoms. The lowest BCUT2D eigenvalue weighted by Crippen LogP contribution is -2.16.